The van der Waals surface area contributed by atoms with Gasteiger partial charge in [-0.2, -0.15) is 0 Å². The number of nitrogens with two attached hydrogens (primary N) is 1. The quantitative estimate of drug-likeness (QED) is 0.583. The number of hydrogen-bond donors (Lipinski definition) is 2. The van der Waals surface area contributed by atoms with E-state index in [1.54, 1.807) is 0 Å². The molecule has 19 heavy (non-hydrogen) atoms. The van der Waals surface area contributed by atoms with Gasteiger partial charge in [-0.3, -0.25) is 10.3 Å². The minimum absolute atomic E-state index is 0.195. The Labute approximate surface area is 117 Å². The van der Waals surface area contributed by atoms with Gasteiger partial charge in [0.05, 0.1) is 5.84 Å². The Balaban J connectivity index is 3.02. The molecule has 0 spiro atoms. The minimum atomic E-state index is 0.195. The molecule has 1 rings (SSSR count). The van der Waals surface area contributed by atoms with Crippen molar-refractivity contribution in [3.8, 4) is 0 Å². The average molecular weight is 261 g/mol. The highest BCUT2D eigenvalue weighted by Gasteiger charge is 2.24. The fraction of sp³-hybridized carbons (Fsp3) is 0.562. The molecule has 1 atom stereocenters. The zero-order valence-electron chi connectivity index (χ0n) is 12.6. The van der Waals surface area contributed by atoms with Crippen LogP contribution in [0, 0.1) is 11.3 Å². The van der Waals surface area contributed by atoms with Crippen molar-refractivity contribution in [1.29, 1.82) is 5.41 Å². The van der Waals surface area contributed by atoms with Gasteiger partial charge >= 0.3 is 0 Å². The van der Waals surface area contributed by atoms with Gasteiger partial charge in [-0.1, -0.05) is 44.2 Å². The number of hydrogen-bond acceptors (Lipinski definition) is 2. The summed E-state index contributed by atoms with van der Waals surface area (Å²) in [5.74, 6) is 0.851. The molecule has 0 bridgehead atoms. The van der Waals surface area contributed by atoms with Crippen LogP contribution in [0.15, 0.2) is 30.3 Å². The molecular formula is C16H27N3. The van der Waals surface area contributed by atoms with Crippen molar-refractivity contribution in [1.82, 2.24) is 4.90 Å². The Morgan fingerprint density at radius 3 is 2.16 bits per heavy atom. The summed E-state index contributed by atoms with van der Waals surface area (Å²) in [4.78, 5) is 2.45. The first-order chi connectivity index (χ1) is 8.91. The smallest absolute Gasteiger partial charge is 0.0924 e. The third-order valence-corrected chi connectivity index (χ3v) is 3.24. The fourth-order valence-corrected chi connectivity index (χ4v) is 2.43. The standard InChI is InChI=1S/C16H27N3/c1-12(2)11-19(13(3)4)15(10-16(17)18)14-8-6-5-7-9-14/h5-9,12-13,15H,10-11H2,1-4H3,(H3,17,18). The summed E-state index contributed by atoms with van der Waals surface area (Å²) < 4.78 is 0. The highest BCUT2D eigenvalue weighted by Crippen LogP contribution is 2.27. The van der Waals surface area contributed by atoms with Gasteiger partial charge in [0.2, 0.25) is 0 Å². The summed E-state index contributed by atoms with van der Waals surface area (Å²) in [6.45, 7) is 9.89. The summed E-state index contributed by atoms with van der Waals surface area (Å²) in [7, 11) is 0. The van der Waals surface area contributed by atoms with Crippen LogP contribution in [0.4, 0.5) is 0 Å². The average Bonchev–Trinajstić information content (AvgIpc) is 2.33. The van der Waals surface area contributed by atoms with Crippen molar-refractivity contribution >= 4 is 5.84 Å². The number of nitrogens with one attached hydrogen (secondary N) is 1. The van der Waals surface area contributed by atoms with Crippen LogP contribution < -0.4 is 5.73 Å². The second kappa shape index (κ2) is 7.29. The Bertz CT molecular complexity index is 384. The van der Waals surface area contributed by atoms with Gasteiger partial charge in [0.25, 0.3) is 0 Å². The van der Waals surface area contributed by atoms with Crippen molar-refractivity contribution in [3.63, 3.8) is 0 Å². The molecule has 3 nitrogen and oxygen atoms in total. The maximum absolute atomic E-state index is 7.64. The van der Waals surface area contributed by atoms with Gasteiger partial charge in [-0.25, -0.2) is 0 Å². The van der Waals surface area contributed by atoms with E-state index < -0.39 is 0 Å². The molecule has 106 valence electrons. The zero-order valence-corrected chi connectivity index (χ0v) is 12.6. The van der Waals surface area contributed by atoms with E-state index in [0.717, 1.165) is 6.54 Å². The van der Waals surface area contributed by atoms with Gasteiger partial charge < -0.3 is 5.73 Å². The molecule has 0 saturated carbocycles. The lowest BCUT2D eigenvalue weighted by molar-refractivity contribution is 0.137. The number of nitrogens with zero attached hydrogens (tertiary/aromatic N) is 1. The van der Waals surface area contributed by atoms with Crippen molar-refractivity contribution in [2.45, 2.75) is 46.2 Å². The molecule has 1 unspecified atom stereocenters. The van der Waals surface area contributed by atoms with Crippen molar-refractivity contribution < 1.29 is 0 Å². The predicted octanol–water partition coefficient (Wildman–Crippen LogP) is 3.42. The Morgan fingerprint density at radius 1 is 1.16 bits per heavy atom. The van der Waals surface area contributed by atoms with Crippen LogP contribution >= 0.6 is 0 Å². The molecule has 0 saturated heterocycles. The first-order valence-corrected chi connectivity index (χ1v) is 7.05. The van der Waals surface area contributed by atoms with Gasteiger partial charge in [0, 0.05) is 25.0 Å². The predicted molar refractivity (Wildman–Crippen MR) is 82.4 cm³/mol. The Morgan fingerprint density at radius 2 is 1.74 bits per heavy atom. The van der Waals surface area contributed by atoms with Crippen LogP contribution in [0.5, 0.6) is 0 Å². The van der Waals surface area contributed by atoms with Crippen LogP contribution in [0.1, 0.15) is 45.7 Å². The molecule has 0 aliphatic rings. The van der Waals surface area contributed by atoms with Crippen LogP contribution in [0.25, 0.3) is 0 Å². The Hall–Kier alpha value is -1.35. The second-order valence-electron chi connectivity index (χ2n) is 5.84. The van der Waals surface area contributed by atoms with Crippen LogP contribution in [-0.4, -0.2) is 23.3 Å². The summed E-state index contributed by atoms with van der Waals surface area (Å²) in [5.41, 5.74) is 6.90. The van der Waals surface area contributed by atoms with Crippen molar-refractivity contribution in [3.05, 3.63) is 35.9 Å². The molecule has 0 aliphatic heterocycles. The molecule has 0 radical (unpaired) electrons. The first kappa shape index (κ1) is 15.7. The lowest BCUT2D eigenvalue weighted by atomic mass is 9.98. The molecule has 0 heterocycles. The highest BCUT2D eigenvalue weighted by molar-refractivity contribution is 5.77. The van der Waals surface area contributed by atoms with Crippen LogP contribution in [0.2, 0.25) is 0 Å². The minimum Gasteiger partial charge on any atom is -0.388 e. The summed E-state index contributed by atoms with van der Waals surface area (Å²) in [6, 6.07) is 11.0. The molecular weight excluding hydrogens is 234 g/mol. The van der Waals surface area contributed by atoms with E-state index in [1.165, 1.54) is 5.56 Å². The maximum Gasteiger partial charge on any atom is 0.0924 e. The maximum atomic E-state index is 7.64. The van der Waals surface area contributed by atoms with Gasteiger partial charge in [-0.15, -0.1) is 0 Å². The van der Waals surface area contributed by atoms with E-state index in [0.29, 0.717) is 18.4 Å². The molecule has 0 fully saturated rings. The van der Waals surface area contributed by atoms with Crippen LogP contribution in [-0.2, 0) is 0 Å². The SMILES string of the molecule is CC(C)CN(C(C)C)C(CC(=N)N)c1ccccc1. The first-order valence-electron chi connectivity index (χ1n) is 7.05. The Kier molecular flexibility index (Phi) is 6.03. The highest BCUT2D eigenvalue weighted by atomic mass is 15.2. The third-order valence-electron chi connectivity index (χ3n) is 3.24. The van der Waals surface area contributed by atoms with E-state index in [4.69, 9.17) is 11.1 Å². The molecule has 0 amide bonds. The fourth-order valence-electron chi connectivity index (χ4n) is 2.43. The second-order valence-corrected chi connectivity index (χ2v) is 5.84. The number of rotatable bonds is 7. The molecule has 3 heteroatoms. The molecule has 0 aliphatic carbocycles. The molecule has 1 aromatic rings. The van der Waals surface area contributed by atoms with Gasteiger partial charge in [-0.05, 0) is 25.3 Å². The van der Waals surface area contributed by atoms with E-state index in [2.05, 4.69) is 56.9 Å². The molecule has 3 N–H and O–H groups in total. The summed E-state index contributed by atoms with van der Waals surface area (Å²) in [5, 5.41) is 7.64. The summed E-state index contributed by atoms with van der Waals surface area (Å²) in [6.07, 6.45) is 0.592. The molecule has 1 aromatic carbocycles. The lowest BCUT2D eigenvalue weighted by Crippen LogP contribution is -2.39. The molecule has 0 aromatic heterocycles. The van der Waals surface area contributed by atoms with Crippen molar-refractivity contribution in [2.24, 2.45) is 11.7 Å². The number of benzene rings is 1. The largest absolute Gasteiger partial charge is 0.388 e. The summed E-state index contributed by atoms with van der Waals surface area (Å²) >= 11 is 0. The van der Waals surface area contributed by atoms with Gasteiger partial charge in [0.1, 0.15) is 0 Å². The van der Waals surface area contributed by atoms with Gasteiger partial charge in [0.15, 0.2) is 0 Å². The monoisotopic (exact) mass is 261 g/mol. The zero-order chi connectivity index (χ0) is 14.4. The topological polar surface area (TPSA) is 53.1 Å². The van der Waals surface area contributed by atoms with Crippen LogP contribution in [0.3, 0.4) is 0 Å². The van der Waals surface area contributed by atoms with E-state index in [9.17, 15) is 0 Å². The van der Waals surface area contributed by atoms with Crippen molar-refractivity contribution in [2.75, 3.05) is 6.54 Å². The third kappa shape index (κ3) is 5.03. The lowest BCUT2D eigenvalue weighted by Gasteiger charge is -2.36. The van der Waals surface area contributed by atoms with E-state index >= 15 is 0 Å². The van der Waals surface area contributed by atoms with E-state index in [1.807, 2.05) is 6.07 Å². The number of amidine groups is 1. The van der Waals surface area contributed by atoms with E-state index in [-0.39, 0.29) is 11.9 Å². The normalized spacial score (nSPS) is 13.2.